The molecule has 180 valence electrons. The van der Waals surface area contributed by atoms with Gasteiger partial charge in [-0.15, -0.1) is 22.7 Å². The van der Waals surface area contributed by atoms with Crippen molar-refractivity contribution in [1.29, 1.82) is 0 Å². The Hall–Kier alpha value is -2.96. The molecule has 1 unspecified atom stereocenters. The minimum absolute atomic E-state index is 0.000454. The van der Waals surface area contributed by atoms with E-state index < -0.39 is 0 Å². The molecule has 0 aliphatic heterocycles. The van der Waals surface area contributed by atoms with Crippen LogP contribution in [-0.2, 0) is 13.0 Å². The van der Waals surface area contributed by atoms with Gasteiger partial charge in [0.2, 0.25) is 0 Å². The maximum absolute atomic E-state index is 14.2. The zero-order valence-corrected chi connectivity index (χ0v) is 21.8. The Bertz CT molecular complexity index is 1500. The van der Waals surface area contributed by atoms with Crippen LogP contribution in [0.4, 0.5) is 0 Å². The van der Waals surface area contributed by atoms with E-state index in [1.54, 1.807) is 17.4 Å². The number of benzene rings is 2. The van der Waals surface area contributed by atoms with E-state index >= 15 is 0 Å². The molecule has 0 spiro atoms. The monoisotopic (exact) mass is 502 g/mol. The first-order valence-corrected chi connectivity index (χ1v) is 14.0. The Morgan fingerprint density at radius 1 is 1.03 bits per heavy atom. The van der Waals surface area contributed by atoms with Crippen LogP contribution in [-0.4, -0.2) is 14.7 Å². The van der Waals surface area contributed by atoms with Gasteiger partial charge in [-0.2, -0.15) is 0 Å². The molecule has 5 rings (SSSR count). The number of phenolic OH excluding ortho intramolecular Hbond substituents is 1. The molecule has 0 saturated heterocycles. The molecule has 3 aromatic heterocycles. The molecule has 0 bridgehead atoms. The summed E-state index contributed by atoms with van der Waals surface area (Å²) in [4.78, 5) is 21.2. The summed E-state index contributed by atoms with van der Waals surface area (Å²) in [6.45, 7) is 4.91. The van der Waals surface area contributed by atoms with E-state index in [0.717, 1.165) is 56.9 Å². The van der Waals surface area contributed by atoms with Crippen LogP contribution in [0.15, 0.2) is 64.8 Å². The third kappa shape index (κ3) is 4.65. The fourth-order valence-corrected chi connectivity index (χ4v) is 6.70. The maximum Gasteiger partial charge on any atom is 0.263 e. The number of aromatic hydroxyl groups is 1. The molecular weight excluding hydrogens is 472 g/mol. The second-order valence-corrected chi connectivity index (χ2v) is 11.1. The lowest BCUT2D eigenvalue weighted by Gasteiger charge is -2.19. The van der Waals surface area contributed by atoms with E-state index in [-0.39, 0.29) is 17.2 Å². The number of unbranched alkanes of at least 4 members (excludes halogenated alkanes) is 1. The van der Waals surface area contributed by atoms with Gasteiger partial charge in [-0.05, 0) is 47.9 Å². The number of aromatic nitrogens is 2. The van der Waals surface area contributed by atoms with Gasteiger partial charge < -0.3 is 5.11 Å². The Kier molecular flexibility index (Phi) is 7.02. The Labute approximate surface area is 213 Å². The van der Waals surface area contributed by atoms with Crippen molar-refractivity contribution >= 4 is 43.0 Å². The van der Waals surface area contributed by atoms with Crippen molar-refractivity contribution in [2.24, 2.45) is 0 Å². The number of hydrogen-bond donors (Lipinski definition) is 1. The van der Waals surface area contributed by atoms with Crippen LogP contribution < -0.4 is 5.56 Å². The van der Waals surface area contributed by atoms with Gasteiger partial charge in [-0.25, -0.2) is 4.98 Å². The summed E-state index contributed by atoms with van der Waals surface area (Å²) in [7, 11) is 0. The summed E-state index contributed by atoms with van der Waals surface area (Å²) in [6, 6.07) is 18.1. The third-order valence-corrected chi connectivity index (χ3v) is 8.70. The lowest BCUT2D eigenvalue weighted by molar-refractivity contribution is 0.482. The summed E-state index contributed by atoms with van der Waals surface area (Å²) in [5.74, 6) is 1.32. The molecule has 1 N–H and O–H groups in total. The van der Waals surface area contributed by atoms with Crippen LogP contribution in [0.25, 0.3) is 20.3 Å². The second-order valence-electron chi connectivity index (χ2n) is 9.08. The first-order valence-electron chi connectivity index (χ1n) is 12.3. The molecule has 3 heterocycles. The average molecular weight is 503 g/mol. The molecule has 0 amide bonds. The quantitative estimate of drug-likeness (QED) is 0.225. The van der Waals surface area contributed by atoms with Crippen molar-refractivity contribution in [3.8, 4) is 5.75 Å². The standard InChI is InChI=1S/C29H30N2O2S2/c1-3-5-12-20(4-2)27-30-28-25(29(33)31(27)18-22-13-9-16-34-22)24-21(14-15-23(32)26(24)35-28)17-19-10-7-6-8-11-19/h6-11,13-16,20,32H,3-5,12,17-18H2,1-2H3. The zero-order valence-electron chi connectivity index (χ0n) is 20.2. The van der Waals surface area contributed by atoms with Crippen molar-refractivity contribution in [3.63, 3.8) is 0 Å². The third-order valence-electron chi connectivity index (χ3n) is 6.73. The van der Waals surface area contributed by atoms with Gasteiger partial charge in [0.25, 0.3) is 5.56 Å². The Balaban J connectivity index is 1.76. The fourth-order valence-electron chi connectivity index (χ4n) is 4.88. The highest BCUT2D eigenvalue weighted by atomic mass is 32.1. The predicted molar refractivity (Wildman–Crippen MR) is 148 cm³/mol. The largest absolute Gasteiger partial charge is 0.506 e. The summed E-state index contributed by atoms with van der Waals surface area (Å²) in [6.07, 6.45) is 4.89. The van der Waals surface area contributed by atoms with E-state index in [0.29, 0.717) is 18.4 Å². The number of nitrogens with zero attached hydrogens (tertiary/aromatic N) is 2. The molecular formula is C29H30N2O2S2. The average Bonchev–Trinajstić information content (AvgIpc) is 3.53. The highest BCUT2D eigenvalue weighted by Gasteiger charge is 2.24. The fraction of sp³-hybridized carbons (Fsp3) is 0.310. The van der Waals surface area contributed by atoms with Crippen molar-refractivity contribution in [1.82, 2.24) is 9.55 Å². The Morgan fingerprint density at radius 3 is 2.57 bits per heavy atom. The molecule has 0 aliphatic carbocycles. The van der Waals surface area contributed by atoms with Gasteiger partial charge >= 0.3 is 0 Å². The minimum Gasteiger partial charge on any atom is -0.506 e. The van der Waals surface area contributed by atoms with Crippen LogP contribution >= 0.6 is 22.7 Å². The first kappa shape index (κ1) is 23.8. The molecule has 35 heavy (non-hydrogen) atoms. The van der Waals surface area contributed by atoms with Gasteiger partial charge in [-0.3, -0.25) is 9.36 Å². The van der Waals surface area contributed by atoms with Gasteiger partial charge in [0.05, 0.1) is 16.6 Å². The van der Waals surface area contributed by atoms with E-state index in [4.69, 9.17) is 4.98 Å². The predicted octanol–water partition coefficient (Wildman–Crippen LogP) is 7.70. The van der Waals surface area contributed by atoms with Crippen LogP contribution in [0, 0.1) is 0 Å². The smallest absolute Gasteiger partial charge is 0.263 e. The lowest BCUT2D eigenvalue weighted by atomic mass is 9.97. The molecule has 0 aliphatic rings. The Morgan fingerprint density at radius 2 is 1.86 bits per heavy atom. The van der Waals surface area contributed by atoms with E-state index in [2.05, 4.69) is 37.4 Å². The van der Waals surface area contributed by atoms with Gasteiger partial charge in [0, 0.05) is 16.2 Å². The first-order chi connectivity index (χ1) is 17.1. The maximum atomic E-state index is 14.2. The molecule has 5 aromatic rings. The van der Waals surface area contributed by atoms with Crippen molar-refractivity contribution < 1.29 is 5.11 Å². The van der Waals surface area contributed by atoms with Crippen molar-refractivity contribution in [2.75, 3.05) is 0 Å². The van der Waals surface area contributed by atoms with Gasteiger partial charge in [0.1, 0.15) is 16.4 Å². The molecule has 4 nitrogen and oxygen atoms in total. The number of fused-ring (bicyclic) bond motifs is 3. The molecule has 0 fully saturated rings. The van der Waals surface area contributed by atoms with E-state index in [1.807, 2.05) is 34.9 Å². The second kappa shape index (κ2) is 10.3. The SMILES string of the molecule is CCCCC(CC)c1nc2sc3c(O)ccc(Cc4ccccc4)c3c2c(=O)n1Cc1cccs1. The van der Waals surface area contributed by atoms with E-state index in [1.165, 1.54) is 16.9 Å². The number of hydrogen-bond acceptors (Lipinski definition) is 5. The van der Waals surface area contributed by atoms with E-state index in [9.17, 15) is 9.90 Å². The summed E-state index contributed by atoms with van der Waals surface area (Å²) < 4.78 is 2.65. The summed E-state index contributed by atoms with van der Waals surface area (Å²) in [5, 5.41) is 14.3. The molecule has 6 heteroatoms. The normalized spacial score (nSPS) is 12.5. The van der Waals surface area contributed by atoms with Crippen molar-refractivity contribution in [3.05, 3.63) is 92.2 Å². The molecule has 0 radical (unpaired) electrons. The number of rotatable bonds is 9. The molecule has 0 saturated carbocycles. The van der Waals surface area contributed by atoms with Crippen LogP contribution in [0.5, 0.6) is 5.75 Å². The van der Waals surface area contributed by atoms with Gasteiger partial charge in [-0.1, -0.05) is 69.2 Å². The zero-order chi connectivity index (χ0) is 24.4. The van der Waals surface area contributed by atoms with Gasteiger partial charge in [0.15, 0.2) is 0 Å². The highest BCUT2D eigenvalue weighted by molar-refractivity contribution is 7.25. The van der Waals surface area contributed by atoms with Crippen molar-refractivity contribution in [2.45, 2.75) is 58.4 Å². The highest BCUT2D eigenvalue weighted by Crippen LogP contribution is 2.40. The van der Waals surface area contributed by atoms with Crippen LogP contribution in [0.1, 0.15) is 67.3 Å². The number of thiophene rings is 2. The van der Waals surface area contributed by atoms with Crippen LogP contribution in [0.2, 0.25) is 0 Å². The minimum atomic E-state index is -0.000454. The molecule has 2 aromatic carbocycles. The summed E-state index contributed by atoms with van der Waals surface area (Å²) >= 11 is 3.10. The molecule has 1 atom stereocenters. The summed E-state index contributed by atoms with van der Waals surface area (Å²) in [5.41, 5.74) is 2.22. The number of phenols is 1. The topological polar surface area (TPSA) is 55.1 Å². The van der Waals surface area contributed by atoms with Crippen LogP contribution in [0.3, 0.4) is 0 Å². The lowest BCUT2D eigenvalue weighted by Crippen LogP contribution is -2.27.